The van der Waals surface area contributed by atoms with Crippen LogP contribution in [0.3, 0.4) is 0 Å². The second kappa shape index (κ2) is 28.0. The van der Waals surface area contributed by atoms with Gasteiger partial charge in [-0.3, -0.25) is 48.1 Å². The molecule has 0 bridgehead atoms. The fraction of sp³-hybridized carbons (Fsp3) is 0.628. The highest BCUT2D eigenvalue weighted by Crippen LogP contribution is 2.26. The molecule has 1 aromatic rings. The van der Waals surface area contributed by atoms with E-state index in [1.54, 1.807) is 38.1 Å². The lowest BCUT2D eigenvalue weighted by atomic mass is 9.96. The molecule has 68 heavy (non-hydrogen) atoms. The summed E-state index contributed by atoms with van der Waals surface area (Å²) in [5.74, 6) is -7.44. The summed E-state index contributed by atoms with van der Waals surface area (Å²) >= 11 is 0. The van der Waals surface area contributed by atoms with E-state index in [9.17, 15) is 53.1 Å². The third-order valence-electron chi connectivity index (χ3n) is 11.4. The van der Waals surface area contributed by atoms with E-state index in [0.717, 1.165) is 28.6 Å². The van der Waals surface area contributed by atoms with Crippen LogP contribution in [0.1, 0.15) is 78.2 Å². The molecule has 0 saturated carbocycles. The number of hydrogen-bond donors (Lipinski definition) is 10. The number of likely N-dealkylation sites (N-methyl/N-ethyl adjacent to an activating group) is 1. The summed E-state index contributed by atoms with van der Waals surface area (Å²) in [6.45, 7) is 7.15. The summed E-state index contributed by atoms with van der Waals surface area (Å²) in [6, 6.07) is -3.80. The molecule has 25 heteroatoms. The molecule has 0 aliphatic carbocycles. The molecule has 13 N–H and O–H groups in total. The zero-order valence-electron chi connectivity index (χ0n) is 39.1. The van der Waals surface area contributed by atoms with E-state index >= 15 is 0 Å². The summed E-state index contributed by atoms with van der Waals surface area (Å²) in [4.78, 5) is 137. The number of nitrogens with two attached hydrogens (primary N) is 3. The van der Waals surface area contributed by atoms with E-state index < -0.39 is 120 Å². The van der Waals surface area contributed by atoms with Crippen LogP contribution in [0.15, 0.2) is 24.3 Å². The van der Waals surface area contributed by atoms with E-state index in [1.165, 1.54) is 11.8 Å². The third kappa shape index (κ3) is 17.1. The average Bonchev–Trinajstić information content (AvgIpc) is 3.79. The van der Waals surface area contributed by atoms with E-state index in [-0.39, 0.29) is 50.3 Å². The molecule has 0 spiro atoms. The van der Waals surface area contributed by atoms with Gasteiger partial charge in [-0.25, -0.2) is 4.79 Å². The van der Waals surface area contributed by atoms with Crippen LogP contribution in [0.25, 0.3) is 0 Å². The van der Waals surface area contributed by atoms with Crippen molar-refractivity contribution in [3.8, 4) is 5.75 Å². The van der Waals surface area contributed by atoms with Crippen LogP contribution in [0.5, 0.6) is 5.75 Å². The number of imide groups is 1. The van der Waals surface area contributed by atoms with Gasteiger partial charge in [-0.05, 0) is 69.7 Å². The van der Waals surface area contributed by atoms with Gasteiger partial charge in [0.05, 0.1) is 19.1 Å². The summed E-state index contributed by atoms with van der Waals surface area (Å²) in [5, 5.41) is 26.3. The van der Waals surface area contributed by atoms with Gasteiger partial charge >= 0.3 is 6.03 Å². The summed E-state index contributed by atoms with van der Waals surface area (Å²) in [6.07, 6.45) is -1.18. The Morgan fingerprint density at radius 1 is 0.897 bits per heavy atom. The normalized spacial score (nSPS) is 23.8. The number of primary amides is 2. The Balaban J connectivity index is 2.00. The SMILES string of the molecule is CCOc1ccc(C[C@H]2NC(=O)CCSSC[C@H](C(=O)N3CCC[C@H]3C(=O)NC(CCCN)C(=O)N(C)C(N)=O)NC(=O)[C@H](CC(N)=O)NC(=O)C([C@H](C)O)NC(=O)[C@H]([C@@H](C)CC)NC2=O)cc1. The Morgan fingerprint density at radius 3 is 2.15 bits per heavy atom. The van der Waals surface area contributed by atoms with Gasteiger partial charge in [0.1, 0.15) is 48.0 Å². The Kier molecular flexibility index (Phi) is 23.3. The first-order valence-electron chi connectivity index (χ1n) is 22.5. The number of hydrogen-bond acceptors (Lipinski definition) is 15. The van der Waals surface area contributed by atoms with E-state index in [0.29, 0.717) is 42.1 Å². The van der Waals surface area contributed by atoms with Gasteiger partial charge in [0.2, 0.25) is 47.3 Å². The summed E-state index contributed by atoms with van der Waals surface area (Å²) in [7, 11) is 3.41. The van der Waals surface area contributed by atoms with Crippen molar-refractivity contribution in [3.63, 3.8) is 0 Å². The lowest BCUT2D eigenvalue weighted by molar-refractivity contribution is -0.142. The number of likely N-dealkylation sites (tertiary alicyclic amines) is 1. The largest absolute Gasteiger partial charge is 0.494 e. The van der Waals surface area contributed by atoms with Gasteiger partial charge in [-0.1, -0.05) is 54.0 Å². The molecule has 2 heterocycles. The van der Waals surface area contributed by atoms with Gasteiger partial charge < -0.3 is 63.8 Å². The van der Waals surface area contributed by atoms with Gasteiger partial charge in [0.15, 0.2) is 0 Å². The smallest absolute Gasteiger partial charge is 0.321 e. The molecule has 2 fully saturated rings. The van der Waals surface area contributed by atoms with Crippen molar-refractivity contribution in [1.82, 2.24) is 41.7 Å². The minimum absolute atomic E-state index is 0.0226. The Labute approximate surface area is 403 Å². The molecule has 0 radical (unpaired) electrons. The molecule has 0 aromatic heterocycles. The number of benzene rings is 1. The number of carbonyl (C=O) groups excluding carboxylic acids is 10. The van der Waals surface area contributed by atoms with Crippen molar-refractivity contribution < 1.29 is 57.8 Å². The minimum atomic E-state index is -1.74. The van der Waals surface area contributed by atoms with Crippen molar-refractivity contribution in [2.75, 3.05) is 38.2 Å². The highest BCUT2D eigenvalue weighted by atomic mass is 33.1. The van der Waals surface area contributed by atoms with Crippen LogP contribution >= 0.6 is 21.6 Å². The lowest BCUT2D eigenvalue weighted by Gasteiger charge is -2.31. The van der Waals surface area contributed by atoms with Crippen molar-refractivity contribution in [2.45, 2.75) is 127 Å². The van der Waals surface area contributed by atoms with Gasteiger partial charge in [-0.15, -0.1) is 0 Å². The lowest BCUT2D eigenvalue weighted by Crippen LogP contribution is -2.63. The molecule has 2 aliphatic rings. The molecule has 11 amide bonds. The number of urea groups is 1. The third-order valence-corrected chi connectivity index (χ3v) is 13.8. The first-order valence-corrected chi connectivity index (χ1v) is 25.0. The average molecular weight is 994 g/mol. The maximum Gasteiger partial charge on any atom is 0.321 e. The Morgan fingerprint density at radius 2 is 1.54 bits per heavy atom. The first-order chi connectivity index (χ1) is 32.2. The van der Waals surface area contributed by atoms with Crippen LogP contribution in [-0.4, -0.2) is 161 Å². The number of aliphatic hydroxyl groups is 1. The molecule has 9 atom stereocenters. The quantitative estimate of drug-likeness (QED) is 0.0793. The zero-order chi connectivity index (χ0) is 50.7. The maximum atomic E-state index is 14.4. The molecule has 1 aromatic carbocycles. The van der Waals surface area contributed by atoms with E-state index in [4.69, 9.17) is 21.9 Å². The molecule has 23 nitrogen and oxygen atoms in total. The molecular weight excluding hydrogens is 927 g/mol. The molecule has 2 saturated heterocycles. The fourth-order valence-corrected chi connectivity index (χ4v) is 9.47. The number of carbonyl (C=O) groups is 10. The standard InChI is InChI=1S/C43H67N11O12S2/c1-6-23(3)34-39(61)52-35(24(4)55)40(62)49-29(21-32(45)56)36(58)50-30(42(64)54-18-9-11-31(54)38(60)48-27(10-8-17-44)41(63)53(5)43(46)65)22-68-67-19-16-33(57)47-28(37(59)51-34)20-25-12-14-26(15-13-25)66-7-2/h12-15,23-24,27-31,34-35,55H,6-11,16-22,44H2,1-5H3,(H2,45,56)(H2,46,65)(H,47,57)(H,48,60)(H,49,62)(H,50,58)(H,51,59)(H,52,61)/t23-,24-,27?,28+,29-,30+,31-,34-,35?/m0/s1. The summed E-state index contributed by atoms with van der Waals surface area (Å²) < 4.78 is 5.53. The fourth-order valence-electron chi connectivity index (χ4n) is 7.33. The van der Waals surface area contributed by atoms with Crippen molar-refractivity contribution in [2.24, 2.45) is 23.1 Å². The predicted octanol–water partition coefficient (Wildman–Crippen LogP) is -2.11. The minimum Gasteiger partial charge on any atom is -0.494 e. The van der Waals surface area contributed by atoms with Gasteiger partial charge in [-0.2, -0.15) is 0 Å². The van der Waals surface area contributed by atoms with Gasteiger partial charge in [0, 0.05) is 37.9 Å². The van der Waals surface area contributed by atoms with Crippen LogP contribution in [0, 0.1) is 5.92 Å². The predicted molar refractivity (Wildman–Crippen MR) is 253 cm³/mol. The summed E-state index contributed by atoms with van der Waals surface area (Å²) in [5.41, 5.74) is 17.1. The van der Waals surface area contributed by atoms with Gasteiger partial charge in [0.25, 0.3) is 5.91 Å². The first kappa shape index (κ1) is 56.7. The van der Waals surface area contributed by atoms with Crippen molar-refractivity contribution in [3.05, 3.63) is 29.8 Å². The second-order valence-corrected chi connectivity index (χ2v) is 19.2. The zero-order valence-corrected chi connectivity index (χ0v) is 40.7. The highest BCUT2D eigenvalue weighted by Gasteiger charge is 2.41. The molecule has 3 rings (SSSR count). The van der Waals surface area contributed by atoms with Crippen molar-refractivity contribution in [1.29, 1.82) is 0 Å². The Hall–Kier alpha value is -5.66. The van der Waals surface area contributed by atoms with E-state index in [2.05, 4.69) is 31.9 Å². The van der Waals surface area contributed by atoms with E-state index in [1.807, 2.05) is 6.92 Å². The van der Waals surface area contributed by atoms with Crippen LogP contribution < -0.4 is 53.8 Å². The number of amides is 11. The van der Waals surface area contributed by atoms with Crippen LogP contribution in [0.2, 0.25) is 0 Å². The van der Waals surface area contributed by atoms with Crippen LogP contribution in [-0.2, 0) is 49.6 Å². The van der Waals surface area contributed by atoms with Crippen LogP contribution in [0.4, 0.5) is 4.79 Å². The number of nitrogens with one attached hydrogen (secondary N) is 6. The number of nitrogens with zero attached hydrogens (tertiary/aromatic N) is 2. The molecule has 378 valence electrons. The monoisotopic (exact) mass is 993 g/mol. The maximum absolute atomic E-state index is 14.4. The topological polar surface area (TPSA) is 357 Å². The molecular formula is C43H67N11O12S2. The highest BCUT2D eigenvalue weighted by molar-refractivity contribution is 8.76. The number of aliphatic hydroxyl groups excluding tert-OH is 1. The molecule has 2 unspecified atom stereocenters. The molecule has 2 aliphatic heterocycles. The van der Waals surface area contributed by atoms with Crippen molar-refractivity contribution >= 4 is 80.8 Å². The number of rotatable bonds is 16. The number of ether oxygens (including phenoxy) is 1. The second-order valence-electron chi connectivity index (χ2n) is 16.6. The Bertz CT molecular complexity index is 1960.